The Kier molecular flexibility index (Phi) is 7.73. The van der Waals surface area contributed by atoms with Gasteiger partial charge < -0.3 is 15.2 Å². The van der Waals surface area contributed by atoms with E-state index in [1.54, 1.807) is 0 Å². The number of carbonyl (C=O) groups is 2. The van der Waals surface area contributed by atoms with E-state index in [0.29, 0.717) is 18.5 Å². The second kappa shape index (κ2) is 10.0. The van der Waals surface area contributed by atoms with Crippen LogP contribution in [0.4, 0.5) is 23.2 Å². The number of benzene rings is 1. The van der Waals surface area contributed by atoms with Gasteiger partial charge in [-0.2, -0.15) is 4.39 Å². The molecule has 0 radical (unpaired) electrons. The number of methoxy groups -OCH3 is 1. The Morgan fingerprint density at radius 1 is 1.23 bits per heavy atom. The zero-order valence-corrected chi connectivity index (χ0v) is 16.0. The van der Waals surface area contributed by atoms with Crippen LogP contribution in [0.5, 0.6) is 5.75 Å². The fourth-order valence-electron chi connectivity index (χ4n) is 2.88. The number of carboxylic acid groups (broad SMARTS) is 1. The van der Waals surface area contributed by atoms with Gasteiger partial charge in [0.05, 0.1) is 19.0 Å². The largest absolute Gasteiger partial charge is 0.494 e. The van der Waals surface area contributed by atoms with Crippen molar-refractivity contribution in [1.82, 2.24) is 4.98 Å². The van der Waals surface area contributed by atoms with Crippen molar-refractivity contribution in [2.24, 2.45) is 5.92 Å². The molecule has 1 fully saturated rings. The maximum absolute atomic E-state index is 13.2. The molecule has 162 valence electrons. The predicted octanol–water partition coefficient (Wildman–Crippen LogP) is 4.52. The molecule has 1 aliphatic rings. The van der Waals surface area contributed by atoms with E-state index < -0.39 is 41.8 Å². The van der Waals surface area contributed by atoms with E-state index in [1.807, 2.05) is 0 Å². The molecule has 0 unspecified atom stereocenters. The van der Waals surface area contributed by atoms with Gasteiger partial charge in [-0.15, -0.1) is 0 Å². The van der Waals surface area contributed by atoms with Gasteiger partial charge in [-0.3, -0.25) is 4.79 Å². The number of hydrogen-bond donors (Lipinski definition) is 2. The van der Waals surface area contributed by atoms with Gasteiger partial charge in [0.1, 0.15) is 5.69 Å². The normalized spacial score (nSPS) is 17.3. The number of halogens is 4. The van der Waals surface area contributed by atoms with Gasteiger partial charge in [0, 0.05) is 18.8 Å². The van der Waals surface area contributed by atoms with E-state index in [1.165, 1.54) is 37.6 Å². The average molecular weight is 428 g/mol. The zero-order chi connectivity index (χ0) is 22.3. The number of alkyl halides is 2. The molecule has 2 N–H and O–H groups in total. The van der Waals surface area contributed by atoms with E-state index >= 15 is 0 Å². The maximum atomic E-state index is 13.2. The summed E-state index contributed by atoms with van der Waals surface area (Å²) in [6.45, 7) is 0. The Morgan fingerprint density at radius 3 is 2.50 bits per heavy atom. The van der Waals surface area contributed by atoms with Gasteiger partial charge >= 0.3 is 5.97 Å². The predicted molar refractivity (Wildman–Crippen MR) is 99.6 cm³/mol. The number of nitrogens with one attached hydrogen (secondary N) is 1. The molecule has 1 amide bonds. The topological polar surface area (TPSA) is 88.5 Å². The van der Waals surface area contributed by atoms with Crippen LogP contribution in [0.2, 0.25) is 0 Å². The summed E-state index contributed by atoms with van der Waals surface area (Å²) in [7, 11) is 1.29. The lowest BCUT2D eigenvalue weighted by Crippen LogP contribution is -2.33. The van der Waals surface area contributed by atoms with Crippen molar-refractivity contribution in [2.75, 3.05) is 12.4 Å². The van der Waals surface area contributed by atoms with Crippen LogP contribution in [0.25, 0.3) is 0 Å². The Morgan fingerprint density at radius 2 is 1.97 bits per heavy atom. The highest BCUT2D eigenvalue weighted by Gasteiger charge is 2.39. The van der Waals surface area contributed by atoms with Crippen molar-refractivity contribution in [3.05, 3.63) is 53.9 Å². The van der Waals surface area contributed by atoms with E-state index in [-0.39, 0.29) is 17.9 Å². The SMILES string of the molecule is COc1cccc(F)c1F.O=C(O)c1ccc(NC(=O)[C@H]2CCCC(F)(F)C2)cn1. The fourth-order valence-corrected chi connectivity index (χ4v) is 2.88. The average Bonchev–Trinajstić information content (AvgIpc) is 2.70. The third-order valence-corrected chi connectivity index (χ3v) is 4.40. The van der Waals surface area contributed by atoms with Crippen LogP contribution in [-0.4, -0.2) is 35.0 Å². The number of hydrogen-bond acceptors (Lipinski definition) is 4. The lowest BCUT2D eigenvalue weighted by Gasteiger charge is -2.27. The highest BCUT2D eigenvalue weighted by atomic mass is 19.3. The molecule has 30 heavy (non-hydrogen) atoms. The molecular weight excluding hydrogens is 408 g/mol. The molecular formula is C20H20F4N2O4. The lowest BCUT2D eigenvalue weighted by molar-refractivity contribution is -0.127. The summed E-state index contributed by atoms with van der Waals surface area (Å²) >= 11 is 0. The van der Waals surface area contributed by atoms with Crippen LogP contribution in [0.3, 0.4) is 0 Å². The van der Waals surface area contributed by atoms with Crippen LogP contribution in [0, 0.1) is 17.6 Å². The number of anilines is 1. The number of rotatable bonds is 4. The number of nitrogens with zero attached hydrogens (tertiary/aromatic N) is 1. The number of ether oxygens (including phenoxy) is 1. The monoisotopic (exact) mass is 428 g/mol. The van der Waals surface area contributed by atoms with Crippen molar-refractivity contribution >= 4 is 17.6 Å². The minimum Gasteiger partial charge on any atom is -0.494 e. The number of carbonyl (C=O) groups excluding carboxylic acids is 1. The van der Waals surface area contributed by atoms with E-state index in [0.717, 1.165) is 6.07 Å². The molecule has 0 spiro atoms. The molecule has 2 aromatic rings. The zero-order valence-electron chi connectivity index (χ0n) is 16.0. The van der Waals surface area contributed by atoms with Crippen molar-refractivity contribution in [2.45, 2.75) is 31.6 Å². The Hall–Kier alpha value is -3.17. The number of aromatic nitrogens is 1. The Bertz CT molecular complexity index is 891. The first-order valence-electron chi connectivity index (χ1n) is 8.99. The molecule has 3 rings (SSSR count). The van der Waals surface area contributed by atoms with E-state index in [9.17, 15) is 27.2 Å². The minimum absolute atomic E-state index is 0.0694. The molecule has 1 saturated carbocycles. The maximum Gasteiger partial charge on any atom is 0.354 e. The van der Waals surface area contributed by atoms with Crippen LogP contribution in [0.1, 0.15) is 36.2 Å². The third kappa shape index (κ3) is 6.43. The highest BCUT2D eigenvalue weighted by Crippen LogP contribution is 2.37. The molecule has 1 atom stereocenters. The number of pyridine rings is 1. The van der Waals surface area contributed by atoms with Gasteiger partial charge in [-0.05, 0) is 37.1 Å². The molecule has 1 aromatic heterocycles. The molecule has 1 heterocycles. The van der Waals surface area contributed by atoms with Gasteiger partial charge in [-0.25, -0.2) is 22.9 Å². The third-order valence-electron chi connectivity index (χ3n) is 4.40. The molecule has 10 heteroatoms. The van der Waals surface area contributed by atoms with Crippen molar-refractivity contribution < 1.29 is 37.0 Å². The first-order valence-corrected chi connectivity index (χ1v) is 8.99. The van der Waals surface area contributed by atoms with Gasteiger partial charge in [0.15, 0.2) is 11.6 Å². The van der Waals surface area contributed by atoms with E-state index in [4.69, 9.17) is 5.11 Å². The summed E-state index contributed by atoms with van der Waals surface area (Å²) in [6.07, 6.45) is 1.33. The minimum atomic E-state index is -2.79. The number of amides is 1. The molecule has 0 bridgehead atoms. The first-order chi connectivity index (χ1) is 14.1. The quantitative estimate of drug-likeness (QED) is 0.700. The smallest absolute Gasteiger partial charge is 0.354 e. The summed E-state index contributed by atoms with van der Waals surface area (Å²) < 4.78 is 55.8. The van der Waals surface area contributed by atoms with Gasteiger partial charge in [0.25, 0.3) is 0 Å². The van der Waals surface area contributed by atoms with Crippen LogP contribution in [0.15, 0.2) is 36.5 Å². The van der Waals surface area contributed by atoms with Gasteiger partial charge in [-0.1, -0.05) is 6.07 Å². The standard InChI is InChI=1S/C13H14F2N2O3.C7H6F2O/c14-13(15)5-1-2-8(6-13)11(18)17-9-3-4-10(12(19)20)16-7-9;1-10-6-4-2-3-5(8)7(6)9/h3-4,7-8H,1-2,5-6H2,(H,17,18)(H,19,20);2-4H,1H3/t8-;/m0./s1. The second-order valence-corrected chi connectivity index (χ2v) is 6.63. The summed E-state index contributed by atoms with van der Waals surface area (Å²) in [4.78, 5) is 26.1. The molecule has 0 saturated heterocycles. The molecule has 6 nitrogen and oxygen atoms in total. The lowest BCUT2D eigenvalue weighted by atomic mass is 9.86. The second-order valence-electron chi connectivity index (χ2n) is 6.63. The first kappa shape index (κ1) is 23.1. The fraction of sp³-hybridized carbons (Fsp3) is 0.350. The number of carboxylic acids is 1. The van der Waals surface area contributed by atoms with Crippen LogP contribution < -0.4 is 10.1 Å². The Balaban J connectivity index is 0.000000269. The molecule has 1 aromatic carbocycles. The Labute approximate surface area is 169 Å². The molecule has 1 aliphatic carbocycles. The van der Waals surface area contributed by atoms with Crippen molar-refractivity contribution in [3.8, 4) is 5.75 Å². The number of aromatic carboxylic acids is 1. The van der Waals surface area contributed by atoms with Crippen LogP contribution >= 0.6 is 0 Å². The summed E-state index contributed by atoms with van der Waals surface area (Å²) in [5.74, 6) is -7.06. The van der Waals surface area contributed by atoms with Crippen LogP contribution in [-0.2, 0) is 4.79 Å². The summed E-state index contributed by atoms with van der Waals surface area (Å²) in [5, 5.41) is 11.2. The van der Waals surface area contributed by atoms with Gasteiger partial charge in [0.2, 0.25) is 17.6 Å². The molecule has 0 aliphatic heterocycles. The summed E-state index contributed by atoms with van der Waals surface area (Å²) in [6, 6.07) is 6.41. The summed E-state index contributed by atoms with van der Waals surface area (Å²) in [5.41, 5.74) is 0.154. The van der Waals surface area contributed by atoms with Crippen molar-refractivity contribution in [1.29, 1.82) is 0 Å². The highest BCUT2D eigenvalue weighted by molar-refractivity contribution is 5.93. The van der Waals surface area contributed by atoms with E-state index in [2.05, 4.69) is 15.0 Å². The van der Waals surface area contributed by atoms with Crippen molar-refractivity contribution in [3.63, 3.8) is 0 Å².